The number of nitrogens with zero attached hydrogens (tertiary/aromatic N) is 2. The summed E-state index contributed by atoms with van der Waals surface area (Å²) in [5.74, 6) is -2.47. The Morgan fingerprint density at radius 1 is 1.39 bits per heavy atom. The third kappa shape index (κ3) is 2.61. The molecule has 0 aliphatic carbocycles. The van der Waals surface area contributed by atoms with Gasteiger partial charge in [-0.15, -0.1) is 22.7 Å². The van der Waals surface area contributed by atoms with Gasteiger partial charge in [0.1, 0.15) is 0 Å². The van der Waals surface area contributed by atoms with Crippen LogP contribution in [0.2, 0.25) is 0 Å². The van der Waals surface area contributed by atoms with Gasteiger partial charge in [-0.05, 0) is 11.4 Å². The molecule has 1 unspecified atom stereocenters. The van der Waals surface area contributed by atoms with Gasteiger partial charge in [0, 0.05) is 11.6 Å². The van der Waals surface area contributed by atoms with Gasteiger partial charge in [0.05, 0.1) is 10.9 Å². The van der Waals surface area contributed by atoms with Gasteiger partial charge < -0.3 is 5.32 Å². The topological polar surface area (TPSA) is 82.8 Å². The Labute approximate surface area is 111 Å². The van der Waals surface area contributed by atoms with E-state index < -0.39 is 17.6 Å². The number of anilines is 1. The van der Waals surface area contributed by atoms with Crippen LogP contribution in [0, 0.1) is 17.2 Å². The molecule has 0 saturated carbocycles. The molecule has 0 bridgehead atoms. The average Bonchev–Trinajstić information content (AvgIpc) is 3.01. The number of thiazole rings is 1. The second-order valence-corrected chi connectivity index (χ2v) is 5.07. The highest BCUT2D eigenvalue weighted by Crippen LogP contribution is 2.17. The maximum atomic E-state index is 11.9. The van der Waals surface area contributed by atoms with Gasteiger partial charge in [0.2, 0.25) is 0 Å². The number of hydrogen-bond donors (Lipinski definition) is 1. The maximum Gasteiger partial charge on any atom is 0.251 e. The Bertz CT molecular complexity index is 584. The van der Waals surface area contributed by atoms with Crippen molar-refractivity contribution in [1.29, 1.82) is 5.26 Å². The van der Waals surface area contributed by atoms with Crippen molar-refractivity contribution in [2.24, 2.45) is 5.92 Å². The fourth-order valence-corrected chi connectivity index (χ4v) is 2.49. The first-order valence-electron chi connectivity index (χ1n) is 4.90. The number of ketones is 1. The van der Waals surface area contributed by atoms with Crippen LogP contribution < -0.4 is 5.32 Å². The predicted molar refractivity (Wildman–Crippen MR) is 68.5 cm³/mol. The average molecular weight is 277 g/mol. The van der Waals surface area contributed by atoms with Crippen molar-refractivity contribution in [3.8, 4) is 6.07 Å². The number of nitriles is 1. The van der Waals surface area contributed by atoms with Gasteiger partial charge in [0.15, 0.2) is 16.8 Å². The smallest absolute Gasteiger partial charge is 0.251 e. The second kappa shape index (κ2) is 5.53. The molecular weight excluding hydrogens is 270 g/mol. The first-order chi connectivity index (χ1) is 8.72. The molecule has 7 heteroatoms. The summed E-state index contributed by atoms with van der Waals surface area (Å²) in [6.45, 7) is 0. The monoisotopic (exact) mass is 277 g/mol. The van der Waals surface area contributed by atoms with Gasteiger partial charge in [-0.25, -0.2) is 4.98 Å². The third-order valence-corrected chi connectivity index (χ3v) is 3.65. The van der Waals surface area contributed by atoms with Crippen molar-refractivity contribution in [2.75, 3.05) is 5.32 Å². The van der Waals surface area contributed by atoms with Gasteiger partial charge in [0.25, 0.3) is 5.91 Å². The number of hydrogen-bond acceptors (Lipinski definition) is 6. The van der Waals surface area contributed by atoms with E-state index in [1.165, 1.54) is 28.9 Å². The lowest BCUT2D eigenvalue weighted by molar-refractivity contribution is -0.117. The number of thiophene rings is 1. The minimum atomic E-state index is -1.34. The maximum absolute atomic E-state index is 11.9. The van der Waals surface area contributed by atoms with E-state index in [0.29, 0.717) is 10.0 Å². The first kappa shape index (κ1) is 12.4. The van der Waals surface area contributed by atoms with E-state index in [1.54, 1.807) is 29.0 Å². The van der Waals surface area contributed by atoms with Crippen LogP contribution in [-0.4, -0.2) is 16.7 Å². The van der Waals surface area contributed by atoms with Crippen LogP contribution in [0.3, 0.4) is 0 Å². The SMILES string of the molecule is N#CC(C(=O)Nc1nccs1)C(=O)c1cccs1. The first-order valence-corrected chi connectivity index (χ1v) is 6.66. The summed E-state index contributed by atoms with van der Waals surface area (Å²) in [7, 11) is 0. The number of Topliss-reactive ketones (excluding diaryl/α,β-unsaturated/α-hetero) is 1. The van der Waals surface area contributed by atoms with Crippen molar-refractivity contribution >= 4 is 39.5 Å². The lowest BCUT2D eigenvalue weighted by Gasteiger charge is -2.05. The Kier molecular flexibility index (Phi) is 3.82. The lowest BCUT2D eigenvalue weighted by Crippen LogP contribution is -2.28. The van der Waals surface area contributed by atoms with Gasteiger partial charge in [-0.3, -0.25) is 9.59 Å². The Morgan fingerprint density at radius 2 is 2.22 bits per heavy atom. The zero-order chi connectivity index (χ0) is 13.0. The highest BCUT2D eigenvalue weighted by molar-refractivity contribution is 7.13. The molecule has 1 N–H and O–H groups in total. The summed E-state index contributed by atoms with van der Waals surface area (Å²) >= 11 is 2.43. The van der Waals surface area contributed by atoms with Gasteiger partial charge in [-0.2, -0.15) is 5.26 Å². The van der Waals surface area contributed by atoms with Crippen LogP contribution in [0.15, 0.2) is 29.1 Å². The third-order valence-electron chi connectivity index (χ3n) is 2.08. The second-order valence-electron chi connectivity index (χ2n) is 3.23. The van der Waals surface area contributed by atoms with Crippen LogP contribution in [-0.2, 0) is 4.79 Å². The van der Waals surface area contributed by atoms with E-state index in [9.17, 15) is 9.59 Å². The summed E-state index contributed by atoms with van der Waals surface area (Å²) in [5.41, 5.74) is 0. The Morgan fingerprint density at radius 3 is 2.78 bits per heavy atom. The summed E-state index contributed by atoms with van der Waals surface area (Å²) in [6, 6.07) is 5.02. The zero-order valence-corrected chi connectivity index (χ0v) is 10.6. The predicted octanol–water partition coefficient (Wildman–Crippen LogP) is 2.17. The minimum Gasteiger partial charge on any atom is -0.300 e. The van der Waals surface area contributed by atoms with E-state index in [4.69, 9.17) is 5.26 Å². The van der Waals surface area contributed by atoms with Crippen LogP contribution in [0.1, 0.15) is 9.67 Å². The number of carbonyl (C=O) groups is 2. The van der Waals surface area contributed by atoms with E-state index in [0.717, 1.165) is 0 Å². The molecule has 2 aromatic heterocycles. The molecule has 0 radical (unpaired) electrons. The Hall–Kier alpha value is -2.04. The lowest BCUT2D eigenvalue weighted by atomic mass is 10.0. The normalized spacial score (nSPS) is 11.5. The highest BCUT2D eigenvalue weighted by atomic mass is 32.1. The molecule has 0 spiro atoms. The van der Waals surface area contributed by atoms with Crippen LogP contribution >= 0.6 is 22.7 Å². The number of carbonyl (C=O) groups excluding carboxylic acids is 2. The number of aromatic nitrogens is 1. The molecule has 2 rings (SSSR count). The number of amides is 1. The molecule has 1 amide bonds. The standard InChI is InChI=1S/C11H7N3O2S2/c12-6-7(9(15)8-2-1-4-17-8)10(16)14-11-13-3-5-18-11/h1-5,7H,(H,13,14,16). The molecule has 1 atom stereocenters. The molecule has 2 heterocycles. The quantitative estimate of drug-likeness (QED) is 0.685. The van der Waals surface area contributed by atoms with Crippen molar-refractivity contribution in [2.45, 2.75) is 0 Å². The van der Waals surface area contributed by atoms with Crippen LogP contribution in [0.25, 0.3) is 0 Å². The van der Waals surface area contributed by atoms with Crippen molar-refractivity contribution < 1.29 is 9.59 Å². The van der Waals surface area contributed by atoms with E-state index in [-0.39, 0.29) is 0 Å². The summed E-state index contributed by atoms with van der Waals surface area (Å²) in [6.07, 6.45) is 1.53. The van der Waals surface area contributed by atoms with E-state index >= 15 is 0 Å². The molecule has 0 aliphatic rings. The molecular formula is C11H7N3O2S2. The number of nitrogens with one attached hydrogen (secondary N) is 1. The van der Waals surface area contributed by atoms with Crippen LogP contribution in [0.5, 0.6) is 0 Å². The fourth-order valence-electron chi connectivity index (χ4n) is 1.26. The van der Waals surface area contributed by atoms with Crippen LogP contribution in [0.4, 0.5) is 5.13 Å². The van der Waals surface area contributed by atoms with Crippen molar-refractivity contribution in [3.05, 3.63) is 34.0 Å². The van der Waals surface area contributed by atoms with E-state index in [1.807, 2.05) is 0 Å². The zero-order valence-electron chi connectivity index (χ0n) is 8.99. The molecule has 2 aromatic rings. The molecule has 0 aromatic carbocycles. The molecule has 5 nitrogen and oxygen atoms in total. The molecule has 0 fully saturated rings. The molecule has 0 saturated heterocycles. The highest BCUT2D eigenvalue weighted by Gasteiger charge is 2.28. The number of rotatable bonds is 4. The van der Waals surface area contributed by atoms with Gasteiger partial charge in [-0.1, -0.05) is 6.07 Å². The molecule has 0 aliphatic heterocycles. The molecule has 90 valence electrons. The minimum absolute atomic E-state index is 0.374. The van der Waals surface area contributed by atoms with Crippen molar-refractivity contribution in [1.82, 2.24) is 4.98 Å². The van der Waals surface area contributed by atoms with E-state index in [2.05, 4.69) is 10.3 Å². The summed E-state index contributed by atoms with van der Waals surface area (Å²) in [5, 5.41) is 15.2. The Balaban J connectivity index is 2.12. The van der Waals surface area contributed by atoms with Crippen molar-refractivity contribution in [3.63, 3.8) is 0 Å². The molecule has 18 heavy (non-hydrogen) atoms. The summed E-state index contributed by atoms with van der Waals surface area (Å²) in [4.78, 5) is 28.0. The summed E-state index contributed by atoms with van der Waals surface area (Å²) < 4.78 is 0. The van der Waals surface area contributed by atoms with Gasteiger partial charge >= 0.3 is 0 Å². The fraction of sp³-hybridized carbons (Fsp3) is 0.0909. The largest absolute Gasteiger partial charge is 0.300 e.